The Morgan fingerprint density at radius 2 is 1.79 bits per heavy atom. The predicted octanol–water partition coefficient (Wildman–Crippen LogP) is 3.32. The van der Waals surface area contributed by atoms with Gasteiger partial charge in [0.25, 0.3) is 0 Å². The largest absolute Gasteiger partial charge is 0.465 e. The van der Waals surface area contributed by atoms with Gasteiger partial charge in [-0.25, -0.2) is 9.59 Å². The normalized spacial score (nSPS) is 11.4. The zero-order chi connectivity index (χ0) is 20.5. The van der Waals surface area contributed by atoms with Crippen LogP contribution >= 0.6 is 0 Å². The number of nitrogens with zero attached hydrogens (tertiary/aromatic N) is 1. The number of benzene rings is 2. The van der Waals surface area contributed by atoms with Gasteiger partial charge in [0.1, 0.15) is 6.54 Å². The van der Waals surface area contributed by atoms with Gasteiger partial charge in [0, 0.05) is 5.69 Å². The van der Waals surface area contributed by atoms with Crippen LogP contribution in [-0.4, -0.2) is 23.6 Å². The lowest BCUT2D eigenvalue weighted by Crippen LogP contribution is -2.24. The summed E-state index contributed by atoms with van der Waals surface area (Å²) in [5, 5.41) is 2.78. The second-order valence-corrected chi connectivity index (χ2v) is 7.50. The van der Waals surface area contributed by atoms with Crippen molar-refractivity contribution in [2.45, 2.75) is 32.7 Å². The Bertz CT molecular complexity index is 1080. The van der Waals surface area contributed by atoms with Crippen molar-refractivity contribution in [1.29, 1.82) is 0 Å². The number of ether oxygens (including phenoxy) is 1. The van der Waals surface area contributed by atoms with Gasteiger partial charge in [-0.3, -0.25) is 9.36 Å². The van der Waals surface area contributed by atoms with E-state index in [2.05, 4.69) is 30.8 Å². The van der Waals surface area contributed by atoms with Crippen LogP contribution in [0.4, 0.5) is 5.69 Å². The molecule has 7 nitrogen and oxygen atoms in total. The highest BCUT2D eigenvalue weighted by atomic mass is 16.5. The fraction of sp³-hybridized carbons (Fsp3) is 0.286. The number of methoxy groups -OCH3 is 1. The average molecular weight is 382 g/mol. The van der Waals surface area contributed by atoms with E-state index in [9.17, 15) is 14.4 Å². The molecular formula is C21H22N2O5. The van der Waals surface area contributed by atoms with Gasteiger partial charge in [-0.1, -0.05) is 32.9 Å². The number of amides is 1. The first-order chi connectivity index (χ1) is 13.2. The summed E-state index contributed by atoms with van der Waals surface area (Å²) in [7, 11) is 1.27. The molecule has 0 atom stereocenters. The summed E-state index contributed by atoms with van der Waals surface area (Å²) in [6, 6.07) is 12.1. The maximum Gasteiger partial charge on any atom is 0.420 e. The van der Waals surface area contributed by atoms with Gasteiger partial charge in [-0.05, 0) is 41.3 Å². The standard InChI is InChI=1S/C21H22N2O5/c1-21(2,3)14-6-8-15(9-7-14)22-18(24)12-23-16-10-5-13(19(25)27-4)11-17(16)28-20(23)26/h5-11H,12H2,1-4H3,(H,22,24). The van der Waals surface area contributed by atoms with E-state index >= 15 is 0 Å². The Morgan fingerprint density at radius 3 is 2.39 bits per heavy atom. The molecule has 0 aliphatic heterocycles. The smallest absolute Gasteiger partial charge is 0.420 e. The first-order valence-corrected chi connectivity index (χ1v) is 8.81. The van der Waals surface area contributed by atoms with Gasteiger partial charge in [0.2, 0.25) is 5.91 Å². The van der Waals surface area contributed by atoms with Crippen LogP contribution in [0.15, 0.2) is 51.7 Å². The fourth-order valence-corrected chi connectivity index (χ4v) is 2.86. The number of hydrogen-bond acceptors (Lipinski definition) is 5. The lowest BCUT2D eigenvalue weighted by Gasteiger charge is -2.19. The highest BCUT2D eigenvalue weighted by Crippen LogP contribution is 2.23. The maximum atomic E-state index is 12.4. The maximum absolute atomic E-state index is 12.4. The van der Waals surface area contributed by atoms with Gasteiger partial charge >= 0.3 is 11.7 Å². The van der Waals surface area contributed by atoms with Crippen molar-refractivity contribution in [3.05, 3.63) is 64.1 Å². The van der Waals surface area contributed by atoms with Crippen LogP contribution in [-0.2, 0) is 21.5 Å². The zero-order valence-corrected chi connectivity index (χ0v) is 16.2. The predicted molar refractivity (Wildman–Crippen MR) is 106 cm³/mol. The van der Waals surface area contributed by atoms with Gasteiger partial charge in [0.15, 0.2) is 5.58 Å². The fourth-order valence-electron chi connectivity index (χ4n) is 2.86. The third kappa shape index (κ3) is 3.98. The summed E-state index contributed by atoms with van der Waals surface area (Å²) in [5.74, 6) is -1.56. The van der Waals surface area contributed by atoms with E-state index in [1.54, 1.807) is 6.07 Å². The third-order valence-corrected chi connectivity index (χ3v) is 4.43. The number of carbonyl (C=O) groups is 2. The molecule has 0 saturated carbocycles. The molecule has 0 aliphatic carbocycles. The Morgan fingerprint density at radius 1 is 1.11 bits per heavy atom. The van der Waals surface area contributed by atoms with Crippen LogP contribution < -0.4 is 11.1 Å². The summed E-state index contributed by atoms with van der Waals surface area (Å²) < 4.78 is 11.0. The van der Waals surface area contributed by atoms with Gasteiger partial charge in [0.05, 0.1) is 18.2 Å². The van der Waals surface area contributed by atoms with Gasteiger partial charge < -0.3 is 14.5 Å². The first-order valence-electron chi connectivity index (χ1n) is 8.81. The number of aromatic nitrogens is 1. The SMILES string of the molecule is COC(=O)c1ccc2c(c1)oc(=O)n2CC(=O)Nc1ccc(C(C)(C)C)cc1. The van der Waals surface area contributed by atoms with Gasteiger partial charge in [-0.15, -0.1) is 0 Å². The molecule has 146 valence electrons. The van der Waals surface area contributed by atoms with E-state index in [0.29, 0.717) is 11.2 Å². The number of fused-ring (bicyclic) bond motifs is 1. The molecule has 3 rings (SSSR count). The van der Waals surface area contributed by atoms with E-state index in [4.69, 9.17) is 4.42 Å². The minimum atomic E-state index is -0.671. The van der Waals surface area contributed by atoms with Crippen molar-refractivity contribution in [2.75, 3.05) is 12.4 Å². The minimum Gasteiger partial charge on any atom is -0.465 e. The molecule has 1 heterocycles. The second kappa shape index (κ2) is 7.34. The van der Waals surface area contributed by atoms with Crippen LogP contribution in [0, 0.1) is 0 Å². The zero-order valence-electron chi connectivity index (χ0n) is 16.2. The van der Waals surface area contributed by atoms with Crippen molar-refractivity contribution < 1.29 is 18.7 Å². The molecule has 0 bridgehead atoms. The molecule has 0 aliphatic rings. The molecule has 1 amide bonds. The van der Waals surface area contributed by atoms with Crippen LogP contribution in [0.5, 0.6) is 0 Å². The van der Waals surface area contributed by atoms with E-state index in [0.717, 1.165) is 5.56 Å². The third-order valence-electron chi connectivity index (χ3n) is 4.43. The van der Waals surface area contributed by atoms with Crippen molar-refractivity contribution in [2.24, 2.45) is 0 Å². The molecule has 7 heteroatoms. The number of esters is 1. The van der Waals surface area contributed by atoms with Crippen LogP contribution in [0.1, 0.15) is 36.7 Å². The lowest BCUT2D eigenvalue weighted by atomic mass is 9.87. The molecular weight excluding hydrogens is 360 g/mol. The summed E-state index contributed by atoms with van der Waals surface area (Å²) in [6.07, 6.45) is 0. The molecule has 28 heavy (non-hydrogen) atoms. The lowest BCUT2D eigenvalue weighted by molar-refractivity contribution is -0.116. The molecule has 2 aromatic carbocycles. The topological polar surface area (TPSA) is 90.5 Å². The summed E-state index contributed by atoms with van der Waals surface area (Å²) in [4.78, 5) is 36.1. The molecule has 3 aromatic rings. The molecule has 0 spiro atoms. The molecule has 1 N–H and O–H groups in total. The molecule has 0 radical (unpaired) electrons. The monoisotopic (exact) mass is 382 g/mol. The summed E-state index contributed by atoms with van der Waals surface area (Å²) >= 11 is 0. The van der Waals surface area contributed by atoms with Crippen LogP contribution in [0.25, 0.3) is 11.1 Å². The number of hydrogen-bond donors (Lipinski definition) is 1. The summed E-state index contributed by atoms with van der Waals surface area (Å²) in [5.41, 5.74) is 2.73. The quantitative estimate of drug-likeness (QED) is 0.699. The Kier molecular flexibility index (Phi) is 5.09. The highest BCUT2D eigenvalue weighted by molar-refractivity contribution is 5.94. The van der Waals surface area contributed by atoms with Gasteiger partial charge in [-0.2, -0.15) is 0 Å². The van der Waals surface area contributed by atoms with Crippen LogP contribution in [0.2, 0.25) is 0 Å². The van der Waals surface area contributed by atoms with E-state index in [1.807, 2.05) is 24.3 Å². The Balaban J connectivity index is 1.78. The van der Waals surface area contributed by atoms with E-state index in [1.165, 1.54) is 23.8 Å². The number of rotatable bonds is 4. The number of anilines is 1. The number of nitrogens with one attached hydrogen (secondary N) is 1. The number of carbonyl (C=O) groups excluding carboxylic acids is 2. The molecule has 0 fully saturated rings. The van der Waals surface area contributed by atoms with E-state index in [-0.39, 0.29) is 29.0 Å². The molecule has 1 aromatic heterocycles. The Labute approximate surface area is 161 Å². The Hall–Kier alpha value is -3.35. The molecule has 0 saturated heterocycles. The van der Waals surface area contributed by atoms with Crippen molar-refractivity contribution in [1.82, 2.24) is 4.57 Å². The number of oxazole rings is 1. The summed E-state index contributed by atoms with van der Waals surface area (Å²) in [6.45, 7) is 6.14. The minimum absolute atomic E-state index is 0.0224. The van der Waals surface area contributed by atoms with Crippen molar-refractivity contribution >= 4 is 28.7 Å². The highest BCUT2D eigenvalue weighted by Gasteiger charge is 2.16. The average Bonchev–Trinajstić information content (AvgIpc) is 2.95. The molecule has 0 unspecified atom stereocenters. The van der Waals surface area contributed by atoms with Crippen LogP contribution in [0.3, 0.4) is 0 Å². The van der Waals surface area contributed by atoms with Crippen molar-refractivity contribution in [3.63, 3.8) is 0 Å². The van der Waals surface area contributed by atoms with Crippen molar-refractivity contribution in [3.8, 4) is 0 Å². The first kappa shape index (κ1) is 19.4. The van der Waals surface area contributed by atoms with E-state index < -0.39 is 11.7 Å². The second-order valence-electron chi connectivity index (χ2n) is 7.50.